The normalized spacial score (nSPS) is 17.2. The van der Waals surface area contributed by atoms with Crippen LogP contribution in [0, 0.1) is 0 Å². The van der Waals surface area contributed by atoms with Gasteiger partial charge in [0.25, 0.3) is 0 Å². The summed E-state index contributed by atoms with van der Waals surface area (Å²) in [4.78, 5) is 1.71. The van der Waals surface area contributed by atoms with Crippen LogP contribution in [0.1, 0.15) is 5.56 Å². The van der Waals surface area contributed by atoms with E-state index in [2.05, 4.69) is 24.3 Å². The molecule has 1 heterocycles. The molecular weight excluding hydrogens is 356 g/mol. The molecule has 2 aromatic carbocycles. The van der Waals surface area contributed by atoms with Crippen molar-refractivity contribution >= 4 is 27.7 Å². The summed E-state index contributed by atoms with van der Waals surface area (Å²) < 4.78 is 26.9. The minimum Gasteiger partial charge on any atom is -0.329 e. The molecule has 1 N–H and O–H groups in total. The van der Waals surface area contributed by atoms with Crippen molar-refractivity contribution in [2.24, 2.45) is 0 Å². The zero-order valence-electron chi connectivity index (χ0n) is 13.9. The van der Waals surface area contributed by atoms with Gasteiger partial charge in [0.1, 0.15) is 0 Å². The standard InChI is InChI=1S/C19H21ClN2O2S/c20-18-8-10-19(11-9-18)25(23,24)22-15-13-21(14-16-22)12-4-7-17-5-2-1-3-6-17/h1-11H,12-16H2/p+1/b7-4+. The first-order chi connectivity index (χ1) is 12.1. The molecule has 25 heavy (non-hydrogen) atoms. The molecule has 0 aliphatic carbocycles. The van der Waals surface area contributed by atoms with Crippen LogP contribution in [0.5, 0.6) is 0 Å². The van der Waals surface area contributed by atoms with E-state index >= 15 is 0 Å². The predicted octanol–water partition coefficient (Wildman–Crippen LogP) is 1.94. The second-order valence-corrected chi connectivity index (χ2v) is 8.50. The summed E-state index contributed by atoms with van der Waals surface area (Å²) >= 11 is 5.84. The van der Waals surface area contributed by atoms with Crippen LogP contribution in [-0.2, 0) is 10.0 Å². The molecule has 0 amide bonds. The van der Waals surface area contributed by atoms with Crippen molar-refractivity contribution in [2.45, 2.75) is 4.90 Å². The van der Waals surface area contributed by atoms with Gasteiger partial charge in [-0.2, -0.15) is 4.31 Å². The highest BCUT2D eigenvalue weighted by Gasteiger charge is 2.29. The fourth-order valence-electron chi connectivity index (χ4n) is 2.93. The van der Waals surface area contributed by atoms with E-state index in [-0.39, 0.29) is 0 Å². The summed E-state index contributed by atoms with van der Waals surface area (Å²) in [6, 6.07) is 16.6. The third-order valence-corrected chi connectivity index (χ3v) is 6.56. The Balaban J connectivity index is 1.54. The summed E-state index contributed by atoms with van der Waals surface area (Å²) in [6.45, 7) is 3.61. The van der Waals surface area contributed by atoms with Crippen molar-refractivity contribution in [3.8, 4) is 0 Å². The summed E-state index contributed by atoms with van der Waals surface area (Å²) in [5.41, 5.74) is 1.19. The summed E-state index contributed by atoms with van der Waals surface area (Å²) in [6.07, 6.45) is 4.28. The van der Waals surface area contributed by atoms with Gasteiger partial charge in [-0.1, -0.05) is 48.0 Å². The monoisotopic (exact) mass is 377 g/mol. The molecule has 1 saturated heterocycles. The fourth-order valence-corrected chi connectivity index (χ4v) is 4.50. The Morgan fingerprint density at radius 1 is 1.00 bits per heavy atom. The Hall–Kier alpha value is -1.66. The van der Waals surface area contributed by atoms with Crippen molar-refractivity contribution in [2.75, 3.05) is 32.7 Å². The van der Waals surface area contributed by atoms with E-state index in [1.807, 2.05) is 18.2 Å². The molecule has 0 unspecified atom stereocenters. The van der Waals surface area contributed by atoms with Crippen molar-refractivity contribution < 1.29 is 13.3 Å². The Kier molecular flexibility index (Phi) is 5.91. The zero-order chi connectivity index (χ0) is 17.7. The highest BCUT2D eigenvalue weighted by Crippen LogP contribution is 2.18. The Morgan fingerprint density at radius 2 is 1.64 bits per heavy atom. The van der Waals surface area contributed by atoms with E-state index in [0.717, 1.165) is 19.6 Å². The molecule has 1 fully saturated rings. The van der Waals surface area contributed by atoms with Crippen molar-refractivity contribution in [3.63, 3.8) is 0 Å². The molecule has 3 rings (SSSR count). The number of piperazine rings is 1. The van der Waals surface area contributed by atoms with E-state index < -0.39 is 10.0 Å². The van der Waals surface area contributed by atoms with Gasteiger partial charge in [0.15, 0.2) is 0 Å². The van der Waals surface area contributed by atoms with E-state index in [0.29, 0.717) is 23.0 Å². The smallest absolute Gasteiger partial charge is 0.243 e. The number of hydrogen-bond donors (Lipinski definition) is 1. The number of hydrogen-bond acceptors (Lipinski definition) is 2. The molecule has 1 aliphatic heterocycles. The summed E-state index contributed by atoms with van der Waals surface area (Å²) in [5, 5.41) is 0.540. The number of nitrogens with zero attached hydrogens (tertiary/aromatic N) is 1. The quantitative estimate of drug-likeness (QED) is 0.865. The first kappa shape index (κ1) is 18.1. The molecule has 0 spiro atoms. The highest BCUT2D eigenvalue weighted by molar-refractivity contribution is 7.89. The maximum atomic E-state index is 12.7. The molecule has 2 aromatic rings. The van der Waals surface area contributed by atoms with E-state index in [1.54, 1.807) is 28.6 Å². The first-order valence-corrected chi connectivity index (χ1v) is 10.2. The minimum atomic E-state index is -3.42. The molecule has 4 nitrogen and oxygen atoms in total. The average Bonchev–Trinajstić information content (AvgIpc) is 2.63. The van der Waals surface area contributed by atoms with Gasteiger partial charge in [-0.15, -0.1) is 0 Å². The number of sulfonamides is 1. The molecule has 132 valence electrons. The van der Waals surface area contributed by atoms with Crippen molar-refractivity contribution in [1.82, 2.24) is 4.31 Å². The van der Waals surface area contributed by atoms with Crippen LogP contribution >= 0.6 is 11.6 Å². The number of rotatable bonds is 5. The van der Waals surface area contributed by atoms with Gasteiger partial charge in [0.05, 0.1) is 37.6 Å². The summed E-state index contributed by atoms with van der Waals surface area (Å²) in [7, 11) is -3.42. The average molecular weight is 378 g/mol. The molecule has 1 aliphatic rings. The van der Waals surface area contributed by atoms with Gasteiger partial charge in [-0.25, -0.2) is 8.42 Å². The molecular formula is C19H22ClN2O2S+. The predicted molar refractivity (Wildman–Crippen MR) is 101 cm³/mol. The topological polar surface area (TPSA) is 41.8 Å². The van der Waals surface area contributed by atoms with Gasteiger partial charge in [-0.05, 0) is 35.9 Å². The third kappa shape index (κ3) is 4.70. The molecule has 0 radical (unpaired) electrons. The number of halogens is 1. The zero-order valence-corrected chi connectivity index (χ0v) is 15.5. The van der Waals surface area contributed by atoms with E-state index in [1.165, 1.54) is 10.5 Å². The Labute approximate surface area is 154 Å². The summed E-state index contributed by atoms with van der Waals surface area (Å²) in [5.74, 6) is 0. The van der Waals surface area contributed by atoms with Crippen LogP contribution in [-0.4, -0.2) is 45.4 Å². The second kappa shape index (κ2) is 8.15. The number of quaternary nitrogens is 1. The van der Waals surface area contributed by atoms with Crippen molar-refractivity contribution in [3.05, 3.63) is 71.3 Å². The SMILES string of the molecule is O=S(=O)(c1ccc(Cl)cc1)N1CC[NH+](C/C=C/c2ccccc2)CC1. The second-order valence-electron chi connectivity index (χ2n) is 6.13. The lowest BCUT2D eigenvalue weighted by atomic mass is 10.2. The van der Waals surface area contributed by atoms with Crippen LogP contribution in [0.2, 0.25) is 5.02 Å². The molecule has 0 aromatic heterocycles. The van der Waals surface area contributed by atoms with Crippen LogP contribution in [0.4, 0.5) is 0 Å². The van der Waals surface area contributed by atoms with Gasteiger partial charge in [0, 0.05) is 5.02 Å². The molecule has 0 bridgehead atoms. The fraction of sp³-hybridized carbons (Fsp3) is 0.263. The molecule has 6 heteroatoms. The Morgan fingerprint density at radius 3 is 2.28 bits per heavy atom. The van der Waals surface area contributed by atoms with Gasteiger partial charge >= 0.3 is 0 Å². The van der Waals surface area contributed by atoms with Gasteiger partial charge < -0.3 is 4.90 Å². The maximum absolute atomic E-state index is 12.7. The Bertz CT molecular complexity index is 812. The van der Waals surface area contributed by atoms with E-state index in [4.69, 9.17) is 11.6 Å². The largest absolute Gasteiger partial charge is 0.329 e. The first-order valence-electron chi connectivity index (χ1n) is 8.36. The maximum Gasteiger partial charge on any atom is 0.243 e. The highest BCUT2D eigenvalue weighted by atomic mass is 35.5. The number of benzene rings is 2. The molecule has 0 saturated carbocycles. The van der Waals surface area contributed by atoms with Crippen LogP contribution in [0.3, 0.4) is 0 Å². The van der Waals surface area contributed by atoms with Crippen molar-refractivity contribution in [1.29, 1.82) is 0 Å². The lowest BCUT2D eigenvalue weighted by Crippen LogP contribution is -3.14. The van der Waals surface area contributed by atoms with Crippen LogP contribution < -0.4 is 4.90 Å². The lowest BCUT2D eigenvalue weighted by molar-refractivity contribution is -0.897. The lowest BCUT2D eigenvalue weighted by Gasteiger charge is -2.31. The van der Waals surface area contributed by atoms with Crippen LogP contribution in [0.25, 0.3) is 6.08 Å². The molecule has 0 atom stereocenters. The van der Waals surface area contributed by atoms with Crippen LogP contribution in [0.15, 0.2) is 65.6 Å². The van der Waals surface area contributed by atoms with E-state index in [9.17, 15) is 8.42 Å². The van der Waals surface area contributed by atoms with Gasteiger partial charge in [0.2, 0.25) is 10.0 Å². The van der Waals surface area contributed by atoms with Gasteiger partial charge in [-0.3, -0.25) is 0 Å². The number of nitrogens with one attached hydrogen (secondary N) is 1. The minimum absolute atomic E-state index is 0.310. The third-order valence-electron chi connectivity index (χ3n) is 4.40.